The summed E-state index contributed by atoms with van der Waals surface area (Å²) in [7, 11) is 0. The number of hydrogen-bond donors (Lipinski definition) is 1. The summed E-state index contributed by atoms with van der Waals surface area (Å²) in [5.74, 6) is 0. The zero-order valence-corrected chi connectivity index (χ0v) is 13.9. The number of likely N-dealkylation sites (tertiary alicyclic amines) is 1. The van der Waals surface area contributed by atoms with Crippen molar-refractivity contribution in [1.29, 1.82) is 5.26 Å². The average Bonchev–Trinajstić information content (AvgIpc) is 2.82. The third-order valence-corrected chi connectivity index (χ3v) is 4.78. The van der Waals surface area contributed by atoms with Crippen LogP contribution in [-0.4, -0.2) is 35.6 Å². The number of nitrogens with zero attached hydrogens (tertiary/aromatic N) is 2. The van der Waals surface area contributed by atoms with E-state index in [1.165, 1.54) is 32.2 Å². The van der Waals surface area contributed by atoms with E-state index in [-0.39, 0.29) is 5.54 Å². The van der Waals surface area contributed by atoms with E-state index < -0.39 is 0 Å². The first-order valence-corrected chi connectivity index (χ1v) is 8.48. The van der Waals surface area contributed by atoms with Gasteiger partial charge in [-0.05, 0) is 71.9 Å². The lowest BCUT2D eigenvalue weighted by atomic mass is 9.96. The number of rotatable bonds is 9. The molecule has 0 spiro atoms. The number of unbranched alkanes of at least 4 members (excludes halogenated alkanes) is 1. The van der Waals surface area contributed by atoms with Gasteiger partial charge in [0.25, 0.3) is 0 Å². The molecule has 1 rings (SSSR count). The Morgan fingerprint density at radius 3 is 2.65 bits per heavy atom. The van der Waals surface area contributed by atoms with Crippen LogP contribution in [0.25, 0.3) is 0 Å². The van der Waals surface area contributed by atoms with Gasteiger partial charge in [0.2, 0.25) is 0 Å². The second kappa shape index (κ2) is 8.64. The summed E-state index contributed by atoms with van der Waals surface area (Å²) in [6.45, 7) is 11.0. The zero-order chi connectivity index (χ0) is 15.0. The van der Waals surface area contributed by atoms with Crippen LogP contribution in [0.2, 0.25) is 0 Å². The molecule has 3 nitrogen and oxygen atoms in total. The molecule has 0 saturated carbocycles. The fraction of sp³-hybridized carbons (Fsp3) is 0.941. The molecule has 1 saturated heterocycles. The molecule has 3 atom stereocenters. The smallest absolute Gasteiger partial charge is 0.103 e. The molecule has 20 heavy (non-hydrogen) atoms. The minimum Gasteiger partial charge on any atom is -0.300 e. The Morgan fingerprint density at radius 1 is 1.30 bits per heavy atom. The quantitative estimate of drug-likeness (QED) is 0.654. The minimum atomic E-state index is -0.337. The van der Waals surface area contributed by atoms with Crippen molar-refractivity contribution in [2.75, 3.05) is 13.1 Å². The molecule has 0 bridgehead atoms. The third-order valence-electron chi connectivity index (χ3n) is 4.78. The van der Waals surface area contributed by atoms with E-state index in [2.05, 4.69) is 37.1 Å². The zero-order valence-electron chi connectivity index (χ0n) is 13.9. The topological polar surface area (TPSA) is 39.1 Å². The molecular weight excluding hydrogens is 246 g/mol. The van der Waals surface area contributed by atoms with E-state index in [0.29, 0.717) is 0 Å². The second-order valence-electron chi connectivity index (χ2n) is 6.55. The Hall–Kier alpha value is -0.590. The van der Waals surface area contributed by atoms with Crippen molar-refractivity contribution in [3.8, 4) is 6.07 Å². The van der Waals surface area contributed by atoms with E-state index in [1.54, 1.807) is 0 Å². The highest BCUT2D eigenvalue weighted by atomic mass is 15.2. The summed E-state index contributed by atoms with van der Waals surface area (Å²) in [6, 6.07) is 3.99. The van der Waals surface area contributed by atoms with E-state index in [4.69, 9.17) is 0 Å². The van der Waals surface area contributed by atoms with Crippen molar-refractivity contribution >= 4 is 0 Å². The highest BCUT2D eigenvalue weighted by molar-refractivity contribution is 5.03. The summed E-state index contributed by atoms with van der Waals surface area (Å²) in [6.07, 6.45) is 8.39. The van der Waals surface area contributed by atoms with E-state index in [0.717, 1.165) is 37.9 Å². The lowest BCUT2D eigenvalue weighted by Gasteiger charge is -2.28. The summed E-state index contributed by atoms with van der Waals surface area (Å²) < 4.78 is 0. The van der Waals surface area contributed by atoms with E-state index >= 15 is 0 Å². The molecule has 0 aromatic heterocycles. The van der Waals surface area contributed by atoms with Crippen molar-refractivity contribution < 1.29 is 0 Å². The predicted octanol–water partition coefficient (Wildman–Crippen LogP) is 3.70. The molecule has 0 radical (unpaired) electrons. The van der Waals surface area contributed by atoms with Gasteiger partial charge in [0.05, 0.1) is 6.07 Å². The highest BCUT2D eigenvalue weighted by Crippen LogP contribution is 2.26. The molecule has 1 fully saturated rings. The first-order chi connectivity index (χ1) is 9.56. The first kappa shape index (κ1) is 17.5. The van der Waals surface area contributed by atoms with Crippen LogP contribution in [0.3, 0.4) is 0 Å². The van der Waals surface area contributed by atoms with Crippen LogP contribution in [0.1, 0.15) is 72.6 Å². The van der Waals surface area contributed by atoms with Crippen molar-refractivity contribution in [3.63, 3.8) is 0 Å². The Morgan fingerprint density at radius 2 is 2.05 bits per heavy atom. The van der Waals surface area contributed by atoms with Gasteiger partial charge in [-0.25, -0.2) is 0 Å². The molecule has 0 aliphatic carbocycles. The summed E-state index contributed by atoms with van der Waals surface area (Å²) in [5.41, 5.74) is -0.337. The largest absolute Gasteiger partial charge is 0.300 e. The fourth-order valence-corrected chi connectivity index (χ4v) is 3.32. The van der Waals surface area contributed by atoms with Gasteiger partial charge < -0.3 is 0 Å². The van der Waals surface area contributed by atoms with Crippen molar-refractivity contribution in [2.24, 2.45) is 0 Å². The Labute approximate surface area is 125 Å². The Kier molecular flexibility index (Phi) is 7.55. The van der Waals surface area contributed by atoms with Gasteiger partial charge in [-0.3, -0.25) is 10.2 Å². The maximum atomic E-state index is 9.32. The SMILES string of the molecule is CCCNC(C)(C#N)CCCCN1C(C)CCC1CC. The lowest BCUT2D eigenvalue weighted by Crippen LogP contribution is -2.41. The normalized spacial score (nSPS) is 26.4. The third kappa shape index (κ3) is 5.07. The molecule has 0 amide bonds. The van der Waals surface area contributed by atoms with Gasteiger partial charge in [0, 0.05) is 12.1 Å². The van der Waals surface area contributed by atoms with E-state index in [9.17, 15) is 5.26 Å². The number of nitriles is 1. The predicted molar refractivity (Wildman–Crippen MR) is 85.6 cm³/mol. The maximum absolute atomic E-state index is 9.32. The lowest BCUT2D eigenvalue weighted by molar-refractivity contribution is 0.192. The van der Waals surface area contributed by atoms with Crippen LogP contribution in [0.5, 0.6) is 0 Å². The molecule has 0 aromatic carbocycles. The van der Waals surface area contributed by atoms with Crippen LogP contribution >= 0.6 is 0 Å². The van der Waals surface area contributed by atoms with Crippen LogP contribution in [0.15, 0.2) is 0 Å². The van der Waals surface area contributed by atoms with Gasteiger partial charge in [0.15, 0.2) is 0 Å². The molecule has 3 unspecified atom stereocenters. The molecule has 116 valence electrons. The highest BCUT2D eigenvalue weighted by Gasteiger charge is 2.28. The molecule has 3 heteroatoms. The average molecular weight is 279 g/mol. The number of nitrogens with one attached hydrogen (secondary N) is 1. The fourth-order valence-electron chi connectivity index (χ4n) is 3.32. The first-order valence-electron chi connectivity index (χ1n) is 8.48. The Balaban J connectivity index is 2.28. The van der Waals surface area contributed by atoms with Crippen LogP contribution in [-0.2, 0) is 0 Å². The second-order valence-corrected chi connectivity index (χ2v) is 6.55. The monoisotopic (exact) mass is 279 g/mol. The summed E-state index contributed by atoms with van der Waals surface area (Å²) >= 11 is 0. The van der Waals surface area contributed by atoms with Crippen LogP contribution < -0.4 is 5.32 Å². The van der Waals surface area contributed by atoms with Crippen molar-refractivity contribution in [3.05, 3.63) is 0 Å². The number of hydrogen-bond acceptors (Lipinski definition) is 3. The summed E-state index contributed by atoms with van der Waals surface area (Å²) in [4.78, 5) is 2.68. The molecule has 1 heterocycles. The van der Waals surface area contributed by atoms with Gasteiger partial charge in [-0.15, -0.1) is 0 Å². The molecule has 0 aromatic rings. The van der Waals surface area contributed by atoms with Crippen LogP contribution in [0, 0.1) is 11.3 Å². The Bertz CT molecular complexity index is 310. The molecular formula is C17H33N3. The molecule has 1 aliphatic heterocycles. The van der Waals surface area contributed by atoms with Gasteiger partial charge in [-0.1, -0.05) is 13.8 Å². The van der Waals surface area contributed by atoms with Gasteiger partial charge >= 0.3 is 0 Å². The molecule has 1 aliphatic rings. The standard InChI is InChI=1S/C17H33N3/c1-5-12-19-17(4,14-18)11-7-8-13-20-15(3)9-10-16(20)6-2/h15-16,19H,5-13H2,1-4H3. The van der Waals surface area contributed by atoms with Crippen LogP contribution in [0.4, 0.5) is 0 Å². The van der Waals surface area contributed by atoms with Crippen molar-refractivity contribution in [2.45, 2.75) is 90.3 Å². The summed E-state index contributed by atoms with van der Waals surface area (Å²) in [5, 5.41) is 12.7. The van der Waals surface area contributed by atoms with Gasteiger partial charge in [0.1, 0.15) is 5.54 Å². The maximum Gasteiger partial charge on any atom is 0.103 e. The van der Waals surface area contributed by atoms with Gasteiger partial charge in [-0.2, -0.15) is 5.26 Å². The van der Waals surface area contributed by atoms with Crippen molar-refractivity contribution in [1.82, 2.24) is 10.2 Å². The van der Waals surface area contributed by atoms with E-state index in [1.807, 2.05) is 6.92 Å². The molecule has 1 N–H and O–H groups in total. The minimum absolute atomic E-state index is 0.337.